The van der Waals surface area contributed by atoms with Crippen molar-refractivity contribution in [1.82, 2.24) is 42.1 Å². The molecule has 2 rings (SSSR count). The predicted octanol–water partition coefficient (Wildman–Crippen LogP) is -4.81. The summed E-state index contributed by atoms with van der Waals surface area (Å²) in [5.41, 5.74) is 39.2. The summed E-state index contributed by atoms with van der Waals surface area (Å²) in [6.07, 6.45) is 3.92. The Balaban J connectivity index is 2.45. The topological polar surface area (TPSA) is 488 Å². The Morgan fingerprint density at radius 1 is 0.744 bits per heavy atom. The van der Waals surface area contributed by atoms with Crippen LogP contribution in [0.25, 0.3) is 0 Å². The molecule has 1 aliphatic heterocycles. The van der Waals surface area contributed by atoms with E-state index in [4.69, 9.17) is 40.1 Å². The van der Waals surface area contributed by atoms with Crippen LogP contribution in [-0.4, -0.2) is 175 Å². The number of unbranched alkanes of at least 4 members (excludes halogenated alkanes) is 3. The first-order chi connectivity index (χ1) is 37.3. The number of hydrogen-bond acceptors (Lipinski definition) is 17. The number of likely N-dealkylation sites (tertiary alicyclic amines) is 1. The van der Waals surface area contributed by atoms with Crippen molar-refractivity contribution >= 4 is 64.8 Å². The van der Waals surface area contributed by atoms with Crippen molar-refractivity contribution in [2.75, 3.05) is 58.9 Å². The number of aromatic hydroxyl groups is 1. The van der Waals surface area contributed by atoms with Gasteiger partial charge in [-0.2, -0.15) is 0 Å². The van der Waals surface area contributed by atoms with E-state index >= 15 is 0 Å². The monoisotopic (exact) mass is 1100 g/mol. The fraction of sp³-hybridized carbons (Fsp3) is 0.620. The van der Waals surface area contributed by atoms with Crippen LogP contribution in [-0.2, 0) is 49.6 Å². The molecule has 1 saturated heterocycles. The highest BCUT2D eigenvalue weighted by Gasteiger charge is 2.38. The highest BCUT2D eigenvalue weighted by molar-refractivity contribution is 6.40. The number of guanidine groups is 1. The van der Waals surface area contributed by atoms with Gasteiger partial charge in [-0.3, -0.25) is 48.1 Å². The van der Waals surface area contributed by atoms with Crippen LogP contribution in [0.15, 0.2) is 46.0 Å². The molecule has 78 heavy (non-hydrogen) atoms. The minimum atomic E-state index is -1.39. The van der Waals surface area contributed by atoms with E-state index in [0.29, 0.717) is 70.1 Å². The number of aliphatic hydroxyl groups is 1. The van der Waals surface area contributed by atoms with Gasteiger partial charge in [0.15, 0.2) is 5.96 Å². The minimum absolute atomic E-state index is 0.0263. The van der Waals surface area contributed by atoms with E-state index in [-0.39, 0.29) is 107 Å². The Kier molecular flexibility index (Phi) is 32.3. The lowest BCUT2D eigenvalue weighted by molar-refractivity contribution is -0.136. The zero-order valence-electron chi connectivity index (χ0n) is 44.8. The lowest BCUT2D eigenvalue weighted by Crippen LogP contribution is -2.57. The first-order valence-corrected chi connectivity index (χ1v) is 26.5. The van der Waals surface area contributed by atoms with Crippen molar-refractivity contribution < 1.29 is 53.4 Å². The average molecular weight is 1100 g/mol. The van der Waals surface area contributed by atoms with Gasteiger partial charge in [0.2, 0.25) is 35.4 Å². The molecule has 1 fully saturated rings. The summed E-state index contributed by atoms with van der Waals surface area (Å²) in [6, 6.07) is -0.151. The Bertz CT molecular complexity index is 2210. The van der Waals surface area contributed by atoms with Crippen LogP contribution < -0.4 is 77.4 Å². The molecule has 28 heteroatoms. The molecule has 6 atom stereocenters. The maximum atomic E-state index is 14.5. The van der Waals surface area contributed by atoms with E-state index < -0.39 is 96.0 Å². The summed E-state index contributed by atoms with van der Waals surface area (Å²) < 4.78 is 0. The molecule has 23 N–H and O–H groups in total. The number of rotatable bonds is 37. The van der Waals surface area contributed by atoms with Gasteiger partial charge in [-0.15, -0.1) is 0 Å². The average Bonchev–Trinajstić information content (AvgIpc) is 3.91. The van der Waals surface area contributed by atoms with Crippen LogP contribution >= 0.6 is 0 Å². The predicted molar refractivity (Wildman–Crippen MR) is 292 cm³/mol. The van der Waals surface area contributed by atoms with Gasteiger partial charge >= 0.3 is 0 Å². The lowest BCUT2D eigenvalue weighted by Gasteiger charge is -2.28. The van der Waals surface area contributed by atoms with Gasteiger partial charge < -0.3 is 92.5 Å². The summed E-state index contributed by atoms with van der Waals surface area (Å²) in [5.74, 6) is -6.99. The van der Waals surface area contributed by atoms with Crippen LogP contribution in [0.1, 0.15) is 102 Å². The zero-order valence-corrected chi connectivity index (χ0v) is 44.8. The van der Waals surface area contributed by atoms with Crippen molar-refractivity contribution in [2.45, 2.75) is 140 Å². The first-order valence-electron chi connectivity index (χ1n) is 26.5. The number of nitrogens with two attached hydrogens (primary N) is 7. The van der Waals surface area contributed by atoms with Crippen LogP contribution in [0, 0.1) is 0 Å². The Morgan fingerprint density at radius 2 is 1.37 bits per heavy atom. The Labute approximate surface area is 455 Å². The van der Waals surface area contributed by atoms with Crippen LogP contribution in [0.4, 0.5) is 0 Å². The standard InChI is InChI=1S/C50H85N17O11/c1-31(61-41(70)28-34(69)29-55)43(72)60-30-42(71)62-38(13-8-23-54)49(78)67-26-10-15-40(67)48(77)66-39(27-32-16-18-33(68)19-17-32)47(76)65-36(12-3-5-21-52)45(74)64-37(14-9-25-59-50(56)57)46(75)63-35(11-2-4-20-51)44(73)58-24-7-6-22-53/h14,16-19,31,34-36,39-40,68-69H,2-13,15,20-30,51-55H2,1H3,(H,58,73)(H,60,72)(H,61,70)(H,63,75)(H,64,74)(H,65,76)(H,66,77)(H4,56,57,59)/b37-14-,62-38?/t31-,34+,35-,36-,39-,40-/m0/s1. The number of phenols is 1. The molecule has 0 radical (unpaired) electrons. The van der Waals surface area contributed by atoms with E-state index in [2.05, 4.69) is 47.2 Å². The number of hydrogen-bond donors (Lipinski definition) is 16. The number of aliphatic imine (C=N–C) groups is 2. The van der Waals surface area contributed by atoms with Gasteiger partial charge in [-0.05, 0) is 134 Å². The number of aliphatic hydroxyl groups excluding tert-OH is 1. The number of nitrogens with one attached hydrogen (secondary N) is 7. The van der Waals surface area contributed by atoms with E-state index in [0.717, 1.165) is 0 Å². The number of phenolic OH excluding ortho intramolecular Hbond substituents is 1. The summed E-state index contributed by atoms with van der Waals surface area (Å²) in [6.45, 7) is 2.13. The minimum Gasteiger partial charge on any atom is -0.508 e. The van der Waals surface area contributed by atoms with Crippen molar-refractivity contribution in [3.8, 4) is 5.75 Å². The molecular formula is C50H85N17O11. The second-order valence-electron chi connectivity index (χ2n) is 18.7. The Morgan fingerprint density at radius 3 is 1.99 bits per heavy atom. The summed E-state index contributed by atoms with van der Waals surface area (Å²) >= 11 is 0. The molecule has 9 amide bonds. The molecule has 0 aliphatic carbocycles. The number of nitrogens with zero attached hydrogens (tertiary/aromatic N) is 3. The highest BCUT2D eigenvalue weighted by atomic mass is 16.3. The third-order valence-corrected chi connectivity index (χ3v) is 12.2. The highest BCUT2D eigenvalue weighted by Crippen LogP contribution is 2.20. The normalized spacial score (nSPS) is 15.4. The first kappa shape index (κ1) is 67.0. The van der Waals surface area contributed by atoms with Crippen molar-refractivity contribution in [2.24, 2.45) is 50.1 Å². The van der Waals surface area contributed by atoms with E-state index in [1.807, 2.05) is 0 Å². The Hall–Kier alpha value is -7.11. The molecule has 1 aromatic carbocycles. The fourth-order valence-electron chi connectivity index (χ4n) is 7.90. The zero-order chi connectivity index (χ0) is 58.0. The van der Waals surface area contributed by atoms with E-state index in [1.54, 1.807) is 0 Å². The summed E-state index contributed by atoms with van der Waals surface area (Å²) in [7, 11) is 0. The third kappa shape index (κ3) is 25.8. The van der Waals surface area contributed by atoms with Gasteiger partial charge in [-0.25, -0.2) is 4.99 Å². The maximum absolute atomic E-state index is 14.5. The smallest absolute Gasteiger partial charge is 0.269 e. The van der Waals surface area contributed by atoms with Crippen LogP contribution in [0.2, 0.25) is 0 Å². The van der Waals surface area contributed by atoms with Gasteiger partial charge in [0.25, 0.3) is 17.7 Å². The number of benzene rings is 1. The van der Waals surface area contributed by atoms with Crippen molar-refractivity contribution in [1.29, 1.82) is 0 Å². The van der Waals surface area contributed by atoms with Crippen LogP contribution in [0.3, 0.4) is 0 Å². The summed E-state index contributed by atoms with van der Waals surface area (Å²) in [5, 5.41) is 38.0. The maximum Gasteiger partial charge on any atom is 0.269 e. The lowest BCUT2D eigenvalue weighted by atomic mass is 10.0. The molecule has 0 aromatic heterocycles. The quantitative estimate of drug-likeness (QED) is 0.0129. The molecule has 0 unspecified atom stereocenters. The summed E-state index contributed by atoms with van der Waals surface area (Å²) in [4.78, 5) is 132. The molecule has 1 aromatic rings. The molecular weight excluding hydrogens is 1010 g/mol. The third-order valence-electron chi connectivity index (χ3n) is 12.2. The van der Waals surface area contributed by atoms with Gasteiger partial charge in [0.05, 0.1) is 19.1 Å². The van der Waals surface area contributed by atoms with E-state index in [9.17, 15) is 53.4 Å². The van der Waals surface area contributed by atoms with Crippen molar-refractivity contribution in [3.05, 3.63) is 41.6 Å². The van der Waals surface area contributed by atoms with Crippen molar-refractivity contribution in [3.63, 3.8) is 0 Å². The van der Waals surface area contributed by atoms with E-state index in [1.165, 1.54) is 42.2 Å². The fourth-order valence-corrected chi connectivity index (χ4v) is 7.90. The van der Waals surface area contributed by atoms with Gasteiger partial charge in [-0.1, -0.05) is 18.2 Å². The second kappa shape index (κ2) is 37.6. The molecule has 436 valence electrons. The number of carbonyl (C=O) groups excluding carboxylic acids is 9. The SMILES string of the molecule is C[C@H](NC(=O)C[C@@H](O)CN)C(=O)NCC(=O)N=C(CCCN)C(=O)N1CCC[C@H]1C(=O)N[C@@H](Cc1ccc(O)cc1)C(=O)N[C@@H](CCCCN)C(=O)N/C(=C\CCN=C(N)N)C(=O)N[C@@H](CCCCN)C(=O)NCCCCN. The molecule has 1 heterocycles. The van der Waals surface area contributed by atoms with Crippen LogP contribution in [0.5, 0.6) is 5.75 Å². The number of amides is 9. The number of carbonyl (C=O) groups is 9. The molecule has 0 saturated carbocycles. The molecule has 0 spiro atoms. The second-order valence-corrected chi connectivity index (χ2v) is 18.7. The molecule has 0 bridgehead atoms. The van der Waals surface area contributed by atoms with Gasteiger partial charge in [0, 0.05) is 32.6 Å². The largest absolute Gasteiger partial charge is 0.508 e. The van der Waals surface area contributed by atoms with Gasteiger partial charge in [0.1, 0.15) is 47.4 Å². The molecule has 1 aliphatic rings. The molecule has 28 nitrogen and oxygen atoms in total.